The van der Waals surface area contributed by atoms with E-state index in [1.165, 1.54) is 12.1 Å². The fourth-order valence-electron chi connectivity index (χ4n) is 2.48. The lowest BCUT2D eigenvalue weighted by Gasteiger charge is -2.10. The summed E-state index contributed by atoms with van der Waals surface area (Å²) >= 11 is 6.66. The highest BCUT2D eigenvalue weighted by molar-refractivity contribution is 8.18. The van der Waals surface area contributed by atoms with Crippen molar-refractivity contribution in [3.05, 3.63) is 81.2 Å². The molecular weight excluding hydrogens is 409 g/mol. The van der Waals surface area contributed by atoms with E-state index in [9.17, 15) is 18.0 Å². The van der Waals surface area contributed by atoms with Gasteiger partial charge in [0.05, 0.1) is 16.2 Å². The molecule has 3 nitrogen and oxygen atoms in total. The van der Waals surface area contributed by atoms with Gasteiger partial charge in [0, 0.05) is 5.02 Å². The highest BCUT2D eigenvalue weighted by Gasteiger charge is 2.34. The van der Waals surface area contributed by atoms with Crippen molar-refractivity contribution >= 4 is 46.2 Å². The van der Waals surface area contributed by atoms with Crippen LogP contribution in [-0.4, -0.2) is 11.1 Å². The number of amidine groups is 1. The van der Waals surface area contributed by atoms with Crippen molar-refractivity contribution in [3.63, 3.8) is 0 Å². The van der Waals surface area contributed by atoms with Gasteiger partial charge in [-0.05, 0) is 54.1 Å². The van der Waals surface area contributed by atoms with Crippen LogP contribution in [0.3, 0.4) is 0 Å². The predicted molar refractivity (Wildman–Crippen MR) is 107 cm³/mol. The van der Waals surface area contributed by atoms with Gasteiger partial charge in [0.25, 0.3) is 5.91 Å². The Bertz CT molecular complexity index is 998. The standard InChI is InChI=1S/C20H14ClF3N2OS/c1-12(9-13-5-3-2-4-6-13)10-17-18(27)26-19(28-17)25-16-8-7-14(21)11-15(16)20(22,23)24/h2-11H,1H3,(H,25,26,27). The summed E-state index contributed by atoms with van der Waals surface area (Å²) in [6.07, 6.45) is -1.04. The molecule has 0 aromatic heterocycles. The van der Waals surface area contributed by atoms with E-state index in [1.807, 2.05) is 43.3 Å². The number of amides is 1. The van der Waals surface area contributed by atoms with E-state index in [2.05, 4.69) is 10.3 Å². The summed E-state index contributed by atoms with van der Waals surface area (Å²) in [7, 11) is 0. The van der Waals surface area contributed by atoms with Crippen LogP contribution in [0.4, 0.5) is 18.9 Å². The first-order valence-electron chi connectivity index (χ1n) is 8.12. The van der Waals surface area contributed by atoms with E-state index in [4.69, 9.17) is 11.6 Å². The van der Waals surface area contributed by atoms with Gasteiger partial charge in [0.2, 0.25) is 0 Å². The number of halogens is 4. The van der Waals surface area contributed by atoms with E-state index >= 15 is 0 Å². The maximum Gasteiger partial charge on any atom is 0.418 e. The number of nitrogens with zero attached hydrogens (tertiary/aromatic N) is 1. The van der Waals surface area contributed by atoms with Crippen molar-refractivity contribution in [1.29, 1.82) is 0 Å². The lowest BCUT2D eigenvalue weighted by atomic mass is 10.1. The number of thioether (sulfide) groups is 1. The van der Waals surface area contributed by atoms with E-state index in [0.717, 1.165) is 29.0 Å². The molecule has 1 N–H and O–H groups in total. The minimum atomic E-state index is -4.61. The van der Waals surface area contributed by atoms with Crippen LogP contribution in [-0.2, 0) is 11.0 Å². The quantitative estimate of drug-likeness (QED) is 0.598. The Morgan fingerprint density at radius 3 is 2.57 bits per heavy atom. The van der Waals surface area contributed by atoms with Crippen LogP contribution in [0.5, 0.6) is 0 Å². The minimum absolute atomic E-state index is 0.0401. The van der Waals surface area contributed by atoms with Crippen molar-refractivity contribution in [2.24, 2.45) is 4.99 Å². The number of hydrogen-bond donors (Lipinski definition) is 1. The average Bonchev–Trinajstić information content (AvgIpc) is 2.95. The number of aliphatic imine (C=N–C) groups is 1. The molecule has 8 heteroatoms. The van der Waals surface area contributed by atoms with Gasteiger partial charge in [-0.1, -0.05) is 48.0 Å². The molecule has 144 valence electrons. The molecule has 1 aliphatic rings. The lowest BCUT2D eigenvalue weighted by Crippen LogP contribution is -2.19. The Labute approximate surface area is 169 Å². The molecule has 0 aliphatic carbocycles. The highest BCUT2D eigenvalue weighted by atomic mass is 35.5. The number of carbonyl (C=O) groups is 1. The summed E-state index contributed by atoms with van der Waals surface area (Å²) in [6, 6.07) is 12.9. The Morgan fingerprint density at radius 1 is 1.18 bits per heavy atom. The predicted octanol–water partition coefficient (Wildman–Crippen LogP) is 6.20. The van der Waals surface area contributed by atoms with Crippen LogP contribution in [0.2, 0.25) is 5.02 Å². The van der Waals surface area contributed by atoms with Crippen molar-refractivity contribution in [3.8, 4) is 0 Å². The molecule has 1 amide bonds. The van der Waals surface area contributed by atoms with Gasteiger partial charge in [-0.2, -0.15) is 13.2 Å². The van der Waals surface area contributed by atoms with Gasteiger partial charge >= 0.3 is 6.18 Å². The fourth-order valence-corrected chi connectivity index (χ4v) is 3.54. The van der Waals surface area contributed by atoms with Crippen molar-refractivity contribution in [2.75, 3.05) is 0 Å². The van der Waals surface area contributed by atoms with Gasteiger partial charge in [0.1, 0.15) is 0 Å². The Hall–Kier alpha value is -2.51. The van der Waals surface area contributed by atoms with Gasteiger partial charge in [-0.15, -0.1) is 0 Å². The van der Waals surface area contributed by atoms with Gasteiger partial charge in [-0.3, -0.25) is 4.79 Å². The van der Waals surface area contributed by atoms with E-state index in [0.29, 0.717) is 4.91 Å². The summed E-state index contributed by atoms with van der Waals surface area (Å²) in [6.45, 7) is 1.84. The smallest absolute Gasteiger partial charge is 0.300 e. The maximum absolute atomic E-state index is 13.2. The second-order valence-electron chi connectivity index (χ2n) is 5.94. The second-order valence-corrected chi connectivity index (χ2v) is 7.41. The number of alkyl halides is 3. The van der Waals surface area contributed by atoms with Gasteiger partial charge < -0.3 is 5.32 Å². The van der Waals surface area contributed by atoms with Crippen LogP contribution < -0.4 is 5.32 Å². The van der Waals surface area contributed by atoms with Crippen LogP contribution in [0.1, 0.15) is 18.1 Å². The first-order chi connectivity index (χ1) is 13.2. The van der Waals surface area contributed by atoms with Crippen molar-refractivity contribution < 1.29 is 18.0 Å². The molecule has 0 saturated carbocycles. The molecule has 0 spiro atoms. The Morgan fingerprint density at radius 2 is 1.89 bits per heavy atom. The molecule has 1 aliphatic heterocycles. The monoisotopic (exact) mass is 422 g/mol. The molecule has 0 radical (unpaired) electrons. The molecule has 3 rings (SSSR count). The number of nitrogens with one attached hydrogen (secondary N) is 1. The molecule has 2 aromatic carbocycles. The van der Waals surface area contributed by atoms with Crippen LogP contribution in [0, 0.1) is 0 Å². The third-order valence-corrected chi connectivity index (χ3v) is 4.83. The van der Waals surface area contributed by atoms with Crippen LogP contribution >= 0.6 is 23.4 Å². The van der Waals surface area contributed by atoms with E-state index in [-0.39, 0.29) is 15.9 Å². The van der Waals surface area contributed by atoms with Gasteiger partial charge in [-0.25, -0.2) is 4.99 Å². The highest BCUT2D eigenvalue weighted by Crippen LogP contribution is 2.39. The molecule has 0 atom stereocenters. The molecular formula is C20H14ClF3N2OS. The second kappa shape index (κ2) is 8.24. The third kappa shape index (κ3) is 5.05. The summed E-state index contributed by atoms with van der Waals surface area (Å²) in [5, 5.41) is 2.53. The van der Waals surface area contributed by atoms with Crippen LogP contribution in [0.15, 0.2) is 70.1 Å². The largest absolute Gasteiger partial charge is 0.418 e. The van der Waals surface area contributed by atoms with E-state index in [1.54, 1.807) is 6.08 Å². The number of benzene rings is 2. The molecule has 0 bridgehead atoms. The van der Waals surface area contributed by atoms with Crippen molar-refractivity contribution in [1.82, 2.24) is 5.32 Å². The summed E-state index contributed by atoms with van der Waals surface area (Å²) in [5.74, 6) is -0.410. The zero-order valence-corrected chi connectivity index (χ0v) is 16.1. The number of rotatable bonds is 3. The topological polar surface area (TPSA) is 41.5 Å². The zero-order valence-electron chi connectivity index (χ0n) is 14.5. The summed E-state index contributed by atoms with van der Waals surface area (Å²) < 4.78 is 39.6. The number of allylic oxidation sites excluding steroid dienone is 2. The fraction of sp³-hybridized carbons (Fsp3) is 0.100. The van der Waals surface area contributed by atoms with Crippen molar-refractivity contribution in [2.45, 2.75) is 13.1 Å². The Balaban J connectivity index is 1.86. The minimum Gasteiger partial charge on any atom is -0.300 e. The average molecular weight is 423 g/mol. The molecule has 0 unspecified atom stereocenters. The van der Waals surface area contributed by atoms with Crippen LogP contribution in [0.25, 0.3) is 6.08 Å². The molecule has 1 saturated heterocycles. The Kier molecular flexibility index (Phi) is 5.96. The molecule has 1 fully saturated rings. The summed E-state index contributed by atoms with van der Waals surface area (Å²) in [4.78, 5) is 16.5. The van der Waals surface area contributed by atoms with Gasteiger partial charge in [0.15, 0.2) is 5.17 Å². The molecule has 1 heterocycles. The zero-order chi connectivity index (χ0) is 20.3. The summed E-state index contributed by atoms with van der Waals surface area (Å²) in [5.41, 5.74) is 0.537. The SMILES string of the molecule is CC(=Cc1ccccc1)C=C1SC(=Nc2ccc(Cl)cc2C(F)(F)F)NC1=O. The first kappa shape index (κ1) is 20.2. The van der Waals surface area contributed by atoms with E-state index < -0.39 is 17.6 Å². The normalized spacial score (nSPS) is 18.0. The first-order valence-corrected chi connectivity index (χ1v) is 9.31. The maximum atomic E-state index is 13.2. The molecule has 2 aromatic rings. The molecule has 28 heavy (non-hydrogen) atoms. The lowest BCUT2D eigenvalue weighted by molar-refractivity contribution is -0.137. The number of hydrogen-bond acceptors (Lipinski definition) is 3. The third-order valence-electron chi connectivity index (χ3n) is 3.69. The number of carbonyl (C=O) groups excluding carboxylic acids is 1.